The molecular weight excluding hydrogens is 252 g/mol. The van der Waals surface area contributed by atoms with Gasteiger partial charge in [0.2, 0.25) is 0 Å². The fourth-order valence-corrected chi connectivity index (χ4v) is 2.77. The van der Waals surface area contributed by atoms with Crippen LogP contribution in [0.2, 0.25) is 0 Å². The Labute approximate surface area is 109 Å². The van der Waals surface area contributed by atoms with Crippen molar-refractivity contribution in [1.82, 2.24) is 10.2 Å². The number of urea groups is 1. The number of thiophene rings is 1. The van der Waals surface area contributed by atoms with Crippen LogP contribution in [0.15, 0.2) is 16.8 Å². The molecule has 1 atom stereocenters. The van der Waals surface area contributed by atoms with Crippen molar-refractivity contribution >= 4 is 23.3 Å². The summed E-state index contributed by atoms with van der Waals surface area (Å²) >= 11 is 1.57. The number of carbonyl (C=O) groups excluding carboxylic acids is 1. The van der Waals surface area contributed by atoms with E-state index in [2.05, 4.69) is 5.32 Å². The Morgan fingerprint density at radius 2 is 2.33 bits per heavy atom. The summed E-state index contributed by atoms with van der Waals surface area (Å²) in [6.07, 6.45) is 2.28. The highest BCUT2D eigenvalue weighted by Crippen LogP contribution is 2.17. The van der Waals surface area contributed by atoms with Crippen molar-refractivity contribution in [3.8, 4) is 0 Å². The number of hydrogen-bond donors (Lipinski definition) is 2. The predicted molar refractivity (Wildman–Crippen MR) is 68.5 cm³/mol. The van der Waals surface area contributed by atoms with Crippen LogP contribution < -0.4 is 5.32 Å². The zero-order valence-electron chi connectivity index (χ0n) is 9.96. The van der Waals surface area contributed by atoms with Crippen molar-refractivity contribution in [3.05, 3.63) is 22.4 Å². The van der Waals surface area contributed by atoms with Gasteiger partial charge in [-0.3, -0.25) is 0 Å². The van der Waals surface area contributed by atoms with Crippen LogP contribution in [0.4, 0.5) is 4.79 Å². The molecule has 0 spiro atoms. The topological polar surface area (TPSA) is 69.6 Å². The van der Waals surface area contributed by atoms with Crippen LogP contribution in [0.1, 0.15) is 24.8 Å². The first-order chi connectivity index (χ1) is 8.68. The zero-order chi connectivity index (χ0) is 13.0. The molecule has 5 nitrogen and oxygen atoms in total. The molecule has 98 valence electrons. The quantitative estimate of drug-likeness (QED) is 0.879. The lowest BCUT2D eigenvalue weighted by Gasteiger charge is -2.32. The lowest BCUT2D eigenvalue weighted by atomic mass is 10.0. The van der Waals surface area contributed by atoms with Crippen molar-refractivity contribution in [2.75, 3.05) is 6.54 Å². The fourth-order valence-electron chi connectivity index (χ4n) is 2.10. The molecule has 2 rings (SSSR count). The van der Waals surface area contributed by atoms with Crippen molar-refractivity contribution in [2.24, 2.45) is 0 Å². The minimum absolute atomic E-state index is 0.284. The van der Waals surface area contributed by atoms with Gasteiger partial charge in [-0.05, 0) is 41.7 Å². The van der Waals surface area contributed by atoms with Gasteiger partial charge in [0, 0.05) is 13.1 Å². The number of likely N-dealkylation sites (tertiary alicyclic amines) is 1. The lowest BCUT2D eigenvalue weighted by molar-refractivity contribution is -0.143. The van der Waals surface area contributed by atoms with Crippen LogP contribution in [0, 0.1) is 0 Å². The standard InChI is InChI=1S/C12H16N2O3S/c15-11(16)10-3-1-2-5-14(10)12(17)13-7-9-4-6-18-8-9/h4,6,8,10H,1-3,5,7H2,(H,13,17)(H,15,16). The van der Waals surface area contributed by atoms with Crippen molar-refractivity contribution < 1.29 is 14.7 Å². The largest absolute Gasteiger partial charge is 0.480 e. The van der Waals surface area contributed by atoms with Gasteiger partial charge in [0.15, 0.2) is 0 Å². The zero-order valence-corrected chi connectivity index (χ0v) is 10.8. The van der Waals surface area contributed by atoms with Gasteiger partial charge in [0.1, 0.15) is 6.04 Å². The summed E-state index contributed by atoms with van der Waals surface area (Å²) < 4.78 is 0. The van der Waals surface area contributed by atoms with E-state index in [1.165, 1.54) is 4.90 Å². The second-order valence-corrected chi connectivity index (χ2v) is 5.11. The Morgan fingerprint density at radius 1 is 1.50 bits per heavy atom. The van der Waals surface area contributed by atoms with E-state index in [0.717, 1.165) is 18.4 Å². The summed E-state index contributed by atoms with van der Waals surface area (Å²) in [5.74, 6) is -0.916. The smallest absolute Gasteiger partial charge is 0.326 e. The highest BCUT2D eigenvalue weighted by molar-refractivity contribution is 7.07. The molecule has 1 unspecified atom stereocenters. The Bertz CT molecular complexity index is 419. The summed E-state index contributed by atoms with van der Waals surface area (Å²) in [6, 6.07) is 0.977. The number of rotatable bonds is 3. The van der Waals surface area contributed by atoms with E-state index in [-0.39, 0.29) is 6.03 Å². The maximum absolute atomic E-state index is 12.0. The van der Waals surface area contributed by atoms with Gasteiger partial charge in [-0.1, -0.05) is 0 Å². The molecule has 0 aliphatic carbocycles. The molecule has 2 amide bonds. The average Bonchev–Trinajstić information content (AvgIpc) is 2.89. The summed E-state index contributed by atoms with van der Waals surface area (Å²) in [7, 11) is 0. The van der Waals surface area contributed by atoms with Gasteiger partial charge in [-0.2, -0.15) is 11.3 Å². The monoisotopic (exact) mass is 268 g/mol. The van der Waals surface area contributed by atoms with Crippen molar-refractivity contribution in [2.45, 2.75) is 31.8 Å². The van der Waals surface area contributed by atoms with E-state index in [9.17, 15) is 9.59 Å². The van der Waals surface area contributed by atoms with E-state index in [1.807, 2.05) is 16.8 Å². The molecule has 18 heavy (non-hydrogen) atoms. The number of nitrogens with zero attached hydrogens (tertiary/aromatic N) is 1. The maximum Gasteiger partial charge on any atom is 0.326 e. The highest BCUT2D eigenvalue weighted by atomic mass is 32.1. The molecule has 1 fully saturated rings. The Kier molecular flexibility index (Phi) is 4.19. The van der Waals surface area contributed by atoms with Crippen LogP contribution in [-0.4, -0.2) is 34.6 Å². The average molecular weight is 268 g/mol. The Balaban J connectivity index is 1.92. The molecular formula is C12H16N2O3S. The SMILES string of the molecule is O=C(O)C1CCCCN1C(=O)NCc1ccsc1. The number of carbonyl (C=O) groups is 2. The first-order valence-corrected chi connectivity index (χ1v) is 6.91. The number of piperidine rings is 1. The third-order valence-electron chi connectivity index (χ3n) is 3.07. The molecule has 6 heteroatoms. The summed E-state index contributed by atoms with van der Waals surface area (Å²) in [4.78, 5) is 24.5. The van der Waals surface area contributed by atoms with E-state index >= 15 is 0 Å². The van der Waals surface area contributed by atoms with E-state index in [4.69, 9.17) is 5.11 Å². The first kappa shape index (κ1) is 12.9. The van der Waals surface area contributed by atoms with Gasteiger partial charge < -0.3 is 15.3 Å². The number of carboxylic acid groups (broad SMARTS) is 1. The fraction of sp³-hybridized carbons (Fsp3) is 0.500. The number of carboxylic acids is 1. The van der Waals surface area contributed by atoms with Crippen LogP contribution >= 0.6 is 11.3 Å². The van der Waals surface area contributed by atoms with Crippen LogP contribution in [0.3, 0.4) is 0 Å². The summed E-state index contributed by atoms with van der Waals surface area (Å²) in [5, 5.41) is 15.8. The number of nitrogens with one attached hydrogen (secondary N) is 1. The predicted octanol–water partition coefficient (Wildman–Crippen LogP) is 1.90. The van der Waals surface area contributed by atoms with Gasteiger partial charge in [0.25, 0.3) is 0 Å². The summed E-state index contributed by atoms with van der Waals surface area (Å²) in [5.41, 5.74) is 1.04. The second kappa shape index (κ2) is 5.86. The minimum Gasteiger partial charge on any atom is -0.480 e. The Hall–Kier alpha value is -1.56. The van der Waals surface area contributed by atoms with Crippen molar-refractivity contribution in [1.29, 1.82) is 0 Å². The van der Waals surface area contributed by atoms with Gasteiger partial charge in [-0.25, -0.2) is 9.59 Å². The maximum atomic E-state index is 12.0. The van der Waals surface area contributed by atoms with Crippen LogP contribution in [0.25, 0.3) is 0 Å². The molecule has 0 bridgehead atoms. The molecule has 1 aromatic heterocycles. The molecule has 2 heterocycles. The van der Waals surface area contributed by atoms with Gasteiger partial charge in [-0.15, -0.1) is 0 Å². The van der Waals surface area contributed by atoms with E-state index in [0.29, 0.717) is 19.5 Å². The third kappa shape index (κ3) is 3.01. The summed E-state index contributed by atoms with van der Waals surface area (Å²) in [6.45, 7) is 0.970. The molecule has 1 aromatic rings. The van der Waals surface area contributed by atoms with E-state index < -0.39 is 12.0 Å². The van der Waals surface area contributed by atoms with E-state index in [1.54, 1.807) is 11.3 Å². The molecule has 2 N–H and O–H groups in total. The molecule has 0 radical (unpaired) electrons. The molecule has 1 aliphatic rings. The number of aliphatic carboxylic acids is 1. The number of amides is 2. The normalized spacial score (nSPS) is 19.6. The Morgan fingerprint density at radius 3 is 3.00 bits per heavy atom. The van der Waals surface area contributed by atoms with Crippen LogP contribution in [-0.2, 0) is 11.3 Å². The number of hydrogen-bond acceptors (Lipinski definition) is 3. The molecule has 1 aliphatic heterocycles. The lowest BCUT2D eigenvalue weighted by Crippen LogP contribution is -2.51. The molecule has 0 saturated carbocycles. The minimum atomic E-state index is -0.916. The molecule has 0 aromatic carbocycles. The van der Waals surface area contributed by atoms with Crippen LogP contribution in [0.5, 0.6) is 0 Å². The molecule has 1 saturated heterocycles. The third-order valence-corrected chi connectivity index (χ3v) is 3.80. The van der Waals surface area contributed by atoms with Gasteiger partial charge >= 0.3 is 12.0 Å². The van der Waals surface area contributed by atoms with Crippen molar-refractivity contribution in [3.63, 3.8) is 0 Å². The highest BCUT2D eigenvalue weighted by Gasteiger charge is 2.31. The van der Waals surface area contributed by atoms with Gasteiger partial charge in [0.05, 0.1) is 0 Å². The second-order valence-electron chi connectivity index (χ2n) is 4.33. The first-order valence-electron chi connectivity index (χ1n) is 5.97.